The van der Waals surface area contributed by atoms with E-state index in [0.717, 1.165) is 0 Å². The number of ether oxygens (including phenoxy) is 2. The lowest BCUT2D eigenvalue weighted by Crippen LogP contribution is -2.31. The average molecular weight is 242 g/mol. The molecule has 4 aliphatic carbocycles. The summed E-state index contributed by atoms with van der Waals surface area (Å²) in [5.41, 5.74) is 2.85. The largest absolute Gasteiger partial charge is 0.469 e. The first kappa shape index (κ1) is 9.56. The number of benzene rings is 1. The Hall–Kier alpha value is -1.35. The van der Waals surface area contributed by atoms with Crippen molar-refractivity contribution in [3.8, 4) is 0 Å². The van der Waals surface area contributed by atoms with Gasteiger partial charge in [0.1, 0.15) is 0 Å². The molecule has 1 saturated heterocycles. The van der Waals surface area contributed by atoms with Crippen LogP contribution in [-0.4, -0.2) is 25.3 Å². The molecule has 0 radical (unpaired) electrons. The molecular formula is C15H14O3. The fraction of sp³-hybridized carbons (Fsp3) is 0.533. The molecule has 1 heterocycles. The van der Waals surface area contributed by atoms with Gasteiger partial charge >= 0.3 is 5.97 Å². The number of carbonyl (C=O) groups excluding carboxylic acids is 1. The van der Waals surface area contributed by atoms with Crippen molar-refractivity contribution in [1.82, 2.24) is 0 Å². The third-order valence-corrected chi connectivity index (χ3v) is 5.42. The molecule has 2 bridgehead atoms. The molecule has 0 N–H and O–H groups in total. The SMILES string of the molecule is COC(=O)C1[C@@H]2[C@H]3c4ccccc4[C@H]([C@@H]4O[C@@H]43)[C@H]12. The van der Waals surface area contributed by atoms with E-state index in [1.165, 1.54) is 18.2 Å². The zero-order valence-electron chi connectivity index (χ0n) is 10.1. The predicted molar refractivity (Wildman–Crippen MR) is 63.1 cm³/mol. The maximum absolute atomic E-state index is 11.9. The van der Waals surface area contributed by atoms with E-state index in [2.05, 4.69) is 24.3 Å². The van der Waals surface area contributed by atoms with Crippen molar-refractivity contribution in [1.29, 1.82) is 0 Å². The highest BCUT2D eigenvalue weighted by atomic mass is 16.6. The van der Waals surface area contributed by atoms with Crippen LogP contribution in [0.2, 0.25) is 0 Å². The monoisotopic (exact) mass is 242 g/mol. The Morgan fingerprint density at radius 2 is 1.67 bits per heavy atom. The van der Waals surface area contributed by atoms with Crippen LogP contribution < -0.4 is 0 Å². The zero-order valence-corrected chi connectivity index (χ0v) is 10.1. The van der Waals surface area contributed by atoms with Gasteiger partial charge in [-0.25, -0.2) is 0 Å². The van der Waals surface area contributed by atoms with Crippen LogP contribution in [0.15, 0.2) is 24.3 Å². The second-order valence-electron chi connectivity index (χ2n) is 5.95. The molecule has 6 rings (SSSR count). The minimum Gasteiger partial charge on any atom is -0.469 e. The Morgan fingerprint density at radius 1 is 1.11 bits per heavy atom. The standard InChI is InChI=1S/C15H14O3/c1-17-15(16)12-10-8-6-4-2-3-5-7(6)9(11(10)12)14-13(8)18-14/h2-5,8-14H,1H3/t8-,9+,10-,11+,12?,13-,14+. The first-order valence-corrected chi connectivity index (χ1v) is 6.65. The number of esters is 1. The van der Waals surface area contributed by atoms with Gasteiger partial charge in [-0.3, -0.25) is 4.79 Å². The maximum atomic E-state index is 11.9. The van der Waals surface area contributed by atoms with E-state index in [1.807, 2.05) is 0 Å². The van der Waals surface area contributed by atoms with E-state index in [0.29, 0.717) is 35.9 Å². The van der Waals surface area contributed by atoms with Gasteiger partial charge in [0.2, 0.25) is 0 Å². The Kier molecular flexibility index (Phi) is 1.49. The predicted octanol–water partition coefficient (Wildman–Crippen LogP) is 1.68. The molecule has 1 unspecified atom stereocenters. The van der Waals surface area contributed by atoms with E-state index in [1.54, 1.807) is 0 Å². The van der Waals surface area contributed by atoms with Gasteiger partial charge in [0.15, 0.2) is 0 Å². The van der Waals surface area contributed by atoms with Gasteiger partial charge in [-0.1, -0.05) is 24.3 Å². The highest BCUT2D eigenvalue weighted by molar-refractivity contribution is 5.78. The molecule has 0 spiro atoms. The third kappa shape index (κ3) is 0.881. The number of carbonyl (C=O) groups is 1. The molecule has 3 fully saturated rings. The van der Waals surface area contributed by atoms with Crippen molar-refractivity contribution in [2.45, 2.75) is 24.0 Å². The van der Waals surface area contributed by atoms with Gasteiger partial charge in [-0.15, -0.1) is 0 Å². The molecule has 1 aromatic carbocycles. The summed E-state index contributed by atoms with van der Waals surface area (Å²) < 4.78 is 10.8. The Balaban J connectivity index is 1.65. The van der Waals surface area contributed by atoms with Crippen LogP contribution in [0.5, 0.6) is 0 Å². The van der Waals surface area contributed by atoms with E-state index in [9.17, 15) is 4.79 Å². The molecule has 5 aliphatic rings. The van der Waals surface area contributed by atoms with E-state index in [4.69, 9.17) is 9.47 Å². The van der Waals surface area contributed by atoms with Crippen molar-refractivity contribution in [2.75, 3.05) is 7.11 Å². The van der Waals surface area contributed by atoms with Gasteiger partial charge in [0.05, 0.1) is 25.2 Å². The number of hydrogen-bond acceptors (Lipinski definition) is 3. The van der Waals surface area contributed by atoms with Crippen LogP contribution in [0.4, 0.5) is 0 Å². The minimum absolute atomic E-state index is 0.0193. The summed E-state index contributed by atoms with van der Waals surface area (Å²) in [4.78, 5) is 11.9. The highest BCUT2D eigenvalue weighted by Gasteiger charge is 2.76. The van der Waals surface area contributed by atoms with Crippen molar-refractivity contribution in [3.63, 3.8) is 0 Å². The van der Waals surface area contributed by atoms with Crippen LogP contribution in [0, 0.1) is 17.8 Å². The quantitative estimate of drug-likeness (QED) is 0.555. The second kappa shape index (κ2) is 2.80. The van der Waals surface area contributed by atoms with Crippen molar-refractivity contribution in [3.05, 3.63) is 35.4 Å². The summed E-state index contributed by atoms with van der Waals surface area (Å²) in [5.74, 6) is 1.92. The summed E-state index contributed by atoms with van der Waals surface area (Å²) in [6.07, 6.45) is 0.751. The molecule has 3 nitrogen and oxygen atoms in total. The van der Waals surface area contributed by atoms with E-state index in [-0.39, 0.29) is 11.9 Å². The van der Waals surface area contributed by atoms with E-state index >= 15 is 0 Å². The molecule has 18 heavy (non-hydrogen) atoms. The lowest BCUT2D eigenvalue weighted by Gasteiger charge is -2.33. The molecule has 3 heteroatoms. The average Bonchev–Trinajstić information content (AvgIpc) is 3.29. The fourth-order valence-electron chi connectivity index (χ4n) is 4.77. The molecule has 0 aromatic heterocycles. The third-order valence-electron chi connectivity index (χ3n) is 5.42. The Labute approximate surface area is 105 Å². The number of rotatable bonds is 1. The molecule has 1 aliphatic heterocycles. The Morgan fingerprint density at radius 3 is 2.17 bits per heavy atom. The zero-order chi connectivity index (χ0) is 12.0. The van der Waals surface area contributed by atoms with Gasteiger partial charge in [0, 0.05) is 11.8 Å². The van der Waals surface area contributed by atoms with Crippen molar-refractivity contribution >= 4 is 5.97 Å². The Bertz CT molecular complexity index is 526. The van der Waals surface area contributed by atoms with Crippen LogP contribution in [-0.2, 0) is 14.3 Å². The van der Waals surface area contributed by atoms with Crippen LogP contribution >= 0.6 is 0 Å². The summed E-state index contributed by atoms with van der Waals surface area (Å²) in [5, 5.41) is 0. The first-order valence-electron chi connectivity index (χ1n) is 6.65. The molecule has 92 valence electrons. The van der Waals surface area contributed by atoms with Crippen molar-refractivity contribution < 1.29 is 14.3 Å². The lowest BCUT2D eigenvalue weighted by molar-refractivity contribution is -0.142. The van der Waals surface area contributed by atoms with Gasteiger partial charge in [-0.05, 0) is 23.0 Å². The van der Waals surface area contributed by atoms with Gasteiger partial charge in [-0.2, -0.15) is 0 Å². The minimum atomic E-state index is -0.0193. The van der Waals surface area contributed by atoms with Crippen molar-refractivity contribution in [2.24, 2.45) is 17.8 Å². The number of hydrogen-bond donors (Lipinski definition) is 0. The molecule has 7 atom stereocenters. The van der Waals surface area contributed by atoms with Crippen LogP contribution in [0.25, 0.3) is 0 Å². The summed E-state index contributed by atoms with van der Waals surface area (Å²) >= 11 is 0. The summed E-state index contributed by atoms with van der Waals surface area (Å²) in [7, 11) is 1.50. The molecule has 0 amide bonds. The van der Waals surface area contributed by atoms with Crippen LogP contribution in [0.3, 0.4) is 0 Å². The molecular weight excluding hydrogens is 228 g/mol. The maximum Gasteiger partial charge on any atom is 0.309 e. The summed E-state index contributed by atoms with van der Waals surface area (Å²) in [6.45, 7) is 0. The van der Waals surface area contributed by atoms with Crippen LogP contribution in [0.1, 0.15) is 23.0 Å². The normalized spacial score (nSPS) is 48.8. The highest BCUT2D eigenvalue weighted by Crippen LogP contribution is 2.75. The second-order valence-corrected chi connectivity index (χ2v) is 5.95. The lowest BCUT2D eigenvalue weighted by atomic mass is 9.67. The summed E-state index contributed by atoms with van der Waals surface area (Å²) in [6, 6.07) is 8.63. The number of methoxy groups -OCH3 is 1. The first-order chi connectivity index (χ1) is 8.83. The molecule has 1 aromatic rings. The van der Waals surface area contributed by atoms with Gasteiger partial charge < -0.3 is 9.47 Å². The topological polar surface area (TPSA) is 38.8 Å². The number of epoxide rings is 1. The van der Waals surface area contributed by atoms with Gasteiger partial charge in [0.25, 0.3) is 0 Å². The van der Waals surface area contributed by atoms with E-state index < -0.39 is 0 Å². The smallest absolute Gasteiger partial charge is 0.309 e. The molecule has 2 saturated carbocycles. The fourth-order valence-corrected chi connectivity index (χ4v) is 4.77.